The van der Waals surface area contributed by atoms with Gasteiger partial charge in [0.2, 0.25) is 10.0 Å². The Morgan fingerprint density at radius 2 is 2.06 bits per heavy atom. The molecule has 0 fully saturated rings. The summed E-state index contributed by atoms with van der Waals surface area (Å²) in [6.45, 7) is 1.96. The van der Waals surface area contributed by atoms with Gasteiger partial charge >= 0.3 is 0 Å². The highest BCUT2D eigenvalue weighted by Crippen LogP contribution is 2.19. The van der Waals surface area contributed by atoms with Crippen LogP contribution in [0.25, 0.3) is 11.4 Å². The van der Waals surface area contributed by atoms with Crippen molar-refractivity contribution in [3.05, 3.63) is 42.2 Å². The van der Waals surface area contributed by atoms with Gasteiger partial charge in [0.05, 0.1) is 6.26 Å². The van der Waals surface area contributed by atoms with E-state index in [1.54, 1.807) is 0 Å². The number of aromatic nitrogens is 2. The van der Waals surface area contributed by atoms with Crippen LogP contribution in [0.15, 0.2) is 36.7 Å². The van der Waals surface area contributed by atoms with Crippen molar-refractivity contribution in [3.8, 4) is 11.4 Å². The minimum absolute atomic E-state index is 0.450. The number of aryl methyl sites for hydroxylation is 1. The highest BCUT2D eigenvalue weighted by atomic mass is 32.2. The van der Waals surface area contributed by atoms with Crippen LogP contribution in [0.3, 0.4) is 0 Å². The van der Waals surface area contributed by atoms with Crippen LogP contribution in [0.4, 0.5) is 0 Å². The SMILES string of the molecule is Cc1cccc(-c2nccn2S(C)(=O)=O)c1. The monoisotopic (exact) mass is 236 g/mol. The zero-order valence-electron chi connectivity index (χ0n) is 9.08. The zero-order chi connectivity index (χ0) is 11.8. The molecule has 0 bridgehead atoms. The Morgan fingerprint density at radius 1 is 1.31 bits per heavy atom. The van der Waals surface area contributed by atoms with Crippen molar-refractivity contribution in [2.24, 2.45) is 0 Å². The molecule has 1 aromatic heterocycles. The van der Waals surface area contributed by atoms with Crippen molar-refractivity contribution in [2.45, 2.75) is 6.92 Å². The molecule has 0 aliphatic carbocycles. The van der Waals surface area contributed by atoms with Crippen molar-refractivity contribution < 1.29 is 8.42 Å². The second-order valence-corrected chi connectivity index (χ2v) is 5.54. The third-order valence-corrected chi connectivity index (χ3v) is 3.25. The summed E-state index contributed by atoms with van der Waals surface area (Å²) >= 11 is 0. The Hall–Kier alpha value is -1.62. The molecule has 0 aliphatic heterocycles. The van der Waals surface area contributed by atoms with E-state index in [9.17, 15) is 8.42 Å². The summed E-state index contributed by atoms with van der Waals surface area (Å²) < 4.78 is 24.2. The summed E-state index contributed by atoms with van der Waals surface area (Å²) in [6, 6.07) is 7.59. The van der Waals surface area contributed by atoms with Crippen LogP contribution >= 0.6 is 0 Å². The number of nitrogens with zero attached hydrogens (tertiary/aromatic N) is 2. The second-order valence-electron chi connectivity index (χ2n) is 3.68. The fourth-order valence-electron chi connectivity index (χ4n) is 1.55. The Kier molecular flexibility index (Phi) is 2.55. The second kappa shape index (κ2) is 3.75. The van der Waals surface area contributed by atoms with Crippen LogP contribution in [0.2, 0.25) is 0 Å². The minimum Gasteiger partial charge on any atom is -0.236 e. The summed E-state index contributed by atoms with van der Waals surface area (Å²) in [7, 11) is -3.30. The van der Waals surface area contributed by atoms with Gasteiger partial charge in [-0.25, -0.2) is 17.4 Å². The first-order chi connectivity index (χ1) is 7.48. The third kappa shape index (κ3) is 1.99. The van der Waals surface area contributed by atoms with Crippen LogP contribution in [0.5, 0.6) is 0 Å². The van der Waals surface area contributed by atoms with Gasteiger partial charge in [0, 0.05) is 18.0 Å². The number of imidazole rings is 1. The van der Waals surface area contributed by atoms with E-state index in [-0.39, 0.29) is 0 Å². The maximum absolute atomic E-state index is 11.5. The van der Waals surface area contributed by atoms with E-state index in [1.165, 1.54) is 16.4 Å². The van der Waals surface area contributed by atoms with Crippen molar-refractivity contribution in [3.63, 3.8) is 0 Å². The molecule has 5 heteroatoms. The van der Waals surface area contributed by atoms with Gasteiger partial charge in [-0.1, -0.05) is 23.8 Å². The van der Waals surface area contributed by atoms with Crippen molar-refractivity contribution in [1.82, 2.24) is 8.96 Å². The normalized spacial score (nSPS) is 11.6. The maximum Gasteiger partial charge on any atom is 0.237 e. The van der Waals surface area contributed by atoms with E-state index in [0.717, 1.165) is 17.4 Å². The van der Waals surface area contributed by atoms with Crippen LogP contribution in [0.1, 0.15) is 5.56 Å². The Morgan fingerprint density at radius 3 is 2.69 bits per heavy atom. The molecule has 0 saturated heterocycles. The van der Waals surface area contributed by atoms with Gasteiger partial charge in [-0.3, -0.25) is 0 Å². The summed E-state index contributed by atoms with van der Waals surface area (Å²) in [5, 5.41) is 0. The third-order valence-electron chi connectivity index (χ3n) is 2.24. The molecule has 0 unspecified atom stereocenters. The van der Waals surface area contributed by atoms with E-state index in [0.29, 0.717) is 5.82 Å². The van der Waals surface area contributed by atoms with Gasteiger partial charge in [-0.2, -0.15) is 0 Å². The molecule has 1 heterocycles. The highest BCUT2D eigenvalue weighted by Gasteiger charge is 2.12. The zero-order valence-corrected chi connectivity index (χ0v) is 9.90. The number of benzene rings is 1. The summed E-state index contributed by atoms with van der Waals surface area (Å²) in [4.78, 5) is 4.08. The molecule has 0 atom stereocenters. The molecule has 0 saturated carbocycles. The van der Waals surface area contributed by atoms with Crippen LogP contribution in [-0.4, -0.2) is 23.6 Å². The smallest absolute Gasteiger partial charge is 0.236 e. The molecule has 2 rings (SSSR count). The standard InChI is InChI=1S/C11H12N2O2S/c1-9-4-3-5-10(8-9)11-12-6-7-13(11)16(2,14)15/h3-8H,1-2H3. The molecule has 16 heavy (non-hydrogen) atoms. The topological polar surface area (TPSA) is 52.0 Å². The predicted molar refractivity (Wildman–Crippen MR) is 62.6 cm³/mol. The summed E-state index contributed by atoms with van der Waals surface area (Å²) in [6.07, 6.45) is 4.10. The van der Waals surface area contributed by atoms with E-state index in [4.69, 9.17) is 0 Å². The van der Waals surface area contributed by atoms with E-state index < -0.39 is 10.0 Å². The van der Waals surface area contributed by atoms with Gasteiger partial charge in [-0.05, 0) is 13.0 Å². The molecule has 0 aliphatic rings. The fraction of sp³-hybridized carbons (Fsp3) is 0.182. The van der Waals surface area contributed by atoms with Crippen molar-refractivity contribution in [1.29, 1.82) is 0 Å². The van der Waals surface area contributed by atoms with Gasteiger partial charge in [0.15, 0.2) is 5.82 Å². The predicted octanol–water partition coefficient (Wildman–Crippen LogP) is 1.67. The fourth-order valence-corrected chi connectivity index (χ4v) is 2.29. The molecule has 84 valence electrons. The van der Waals surface area contributed by atoms with E-state index >= 15 is 0 Å². The Bertz CT molecular complexity index is 614. The lowest BCUT2D eigenvalue weighted by Gasteiger charge is -2.05. The number of hydrogen-bond acceptors (Lipinski definition) is 3. The molecule has 4 nitrogen and oxygen atoms in total. The van der Waals surface area contributed by atoms with Gasteiger partial charge < -0.3 is 0 Å². The lowest BCUT2D eigenvalue weighted by atomic mass is 10.1. The highest BCUT2D eigenvalue weighted by molar-refractivity contribution is 7.89. The maximum atomic E-state index is 11.5. The molecule has 0 N–H and O–H groups in total. The quantitative estimate of drug-likeness (QED) is 0.797. The van der Waals surface area contributed by atoms with E-state index in [2.05, 4.69) is 4.98 Å². The van der Waals surface area contributed by atoms with Crippen molar-refractivity contribution in [2.75, 3.05) is 6.26 Å². The molecule has 2 aromatic rings. The summed E-state index contributed by atoms with van der Waals surface area (Å²) in [5.74, 6) is 0.450. The van der Waals surface area contributed by atoms with Gasteiger partial charge in [0.1, 0.15) is 0 Å². The van der Waals surface area contributed by atoms with Crippen LogP contribution in [0, 0.1) is 6.92 Å². The molecule has 1 aromatic carbocycles. The lowest BCUT2D eigenvalue weighted by Crippen LogP contribution is -2.10. The van der Waals surface area contributed by atoms with Gasteiger partial charge in [0.25, 0.3) is 0 Å². The largest absolute Gasteiger partial charge is 0.237 e. The molecule has 0 spiro atoms. The van der Waals surface area contributed by atoms with Crippen LogP contribution < -0.4 is 0 Å². The number of rotatable bonds is 2. The van der Waals surface area contributed by atoms with Crippen molar-refractivity contribution >= 4 is 10.0 Å². The van der Waals surface area contributed by atoms with Crippen LogP contribution in [-0.2, 0) is 10.0 Å². The first-order valence-electron chi connectivity index (χ1n) is 4.79. The van der Waals surface area contributed by atoms with Gasteiger partial charge in [-0.15, -0.1) is 0 Å². The average Bonchev–Trinajstić information content (AvgIpc) is 2.65. The Balaban J connectivity index is 2.62. The molecular formula is C11H12N2O2S. The Labute approximate surface area is 94.6 Å². The summed E-state index contributed by atoms with van der Waals surface area (Å²) in [5.41, 5.74) is 1.87. The average molecular weight is 236 g/mol. The molecule has 0 radical (unpaired) electrons. The van der Waals surface area contributed by atoms with E-state index in [1.807, 2.05) is 31.2 Å². The first kappa shape index (κ1) is 10.9. The number of hydrogen-bond donors (Lipinski definition) is 0. The first-order valence-corrected chi connectivity index (χ1v) is 6.64. The molecular weight excluding hydrogens is 224 g/mol. The molecule has 0 amide bonds. The lowest BCUT2D eigenvalue weighted by molar-refractivity contribution is 0.594. The minimum atomic E-state index is -3.30.